The number of aryl methyl sites for hydroxylation is 3. The molecule has 34 heavy (non-hydrogen) atoms. The van der Waals surface area contributed by atoms with Gasteiger partial charge in [-0.15, -0.1) is 0 Å². The zero-order chi connectivity index (χ0) is 23.7. The Balaban J connectivity index is 1.39. The number of nitrogens with one attached hydrogen (secondary N) is 1. The minimum atomic E-state index is -0.430. The quantitative estimate of drug-likeness (QED) is 0.449. The van der Waals surface area contributed by atoms with E-state index in [1.54, 1.807) is 6.20 Å². The van der Waals surface area contributed by atoms with Crippen LogP contribution in [-0.4, -0.2) is 55.6 Å². The molecule has 2 atom stereocenters. The predicted molar refractivity (Wildman–Crippen MR) is 128 cm³/mol. The molecule has 1 aliphatic heterocycles. The maximum Gasteiger partial charge on any atom is 0.154 e. The summed E-state index contributed by atoms with van der Waals surface area (Å²) in [6.07, 6.45) is 3.94. The summed E-state index contributed by atoms with van der Waals surface area (Å²) in [4.78, 5) is 13.2. The molecule has 1 fully saturated rings. The number of fused-ring (bicyclic) bond motifs is 1. The molecule has 5 rings (SSSR count). The van der Waals surface area contributed by atoms with Crippen molar-refractivity contribution in [3.63, 3.8) is 0 Å². The summed E-state index contributed by atoms with van der Waals surface area (Å²) in [5, 5.41) is 17.7. The van der Waals surface area contributed by atoms with Crippen molar-refractivity contribution in [2.75, 3.05) is 25.1 Å². The first-order valence-corrected chi connectivity index (χ1v) is 11.4. The van der Waals surface area contributed by atoms with Gasteiger partial charge >= 0.3 is 0 Å². The van der Waals surface area contributed by atoms with Gasteiger partial charge in [-0.05, 0) is 51.0 Å². The van der Waals surface area contributed by atoms with Gasteiger partial charge in [0.25, 0.3) is 0 Å². The number of nitrogens with zero attached hydrogens (tertiary/aromatic N) is 5. The molecule has 0 aliphatic carbocycles. The Morgan fingerprint density at radius 3 is 2.79 bits per heavy atom. The van der Waals surface area contributed by atoms with Crippen LogP contribution in [-0.2, 0) is 4.74 Å². The van der Waals surface area contributed by atoms with E-state index in [0.29, 0.717) is 49.5 Å². The van der Waals surface area contributed by atoms with E-state index in [9.17, 15) is 5.11 Å². The predicted octanol–water partition coefficient (Wildman–Crippen LogP) is 3.63. The van der Waals surface area contributed by atoms with Crippen LogP contribution >= 0.6 is 0 Å². The standard InChI is InChI=1S/C25H28N6O3/c1-15-6-22(23(11-26-15)34-13-18-8-21(32)14-33-12-18)19-4-5-31-20(9-19)10-25(30-31)29-24-7-16(2)27-17(3)28-24/h4-7,9-11,18,21,32H,8,12-14H2,1-3H3,(H,27,28,29,30). The van der Waals surface area contributed by atoms with Crippen molar-refractivity contribution in [2.24, 2.45) is 5.92 Å². The maximum atomic E-state index is 9.86. The molecule has 4 aromatic rings. The van der Waals surface area contributed by atoms with Crippen molar-refractivity contribution >= 4 is 17.2 Å². The summed E-state index contributed by atoms with van der Waals surface area (Å²) in [7, 11) is 0. The van der Waals surface area contributed by atoms with Crippen molar-refractivity contribution in [2.45, 2.75) is 33.3 Å². The third-order valence-corrected chi connectivity index (χ3v) is 5.74. The first-order valence-electron chi connectivity index (χ1n) is 11.4. The second kappa shape index (κ2) is 9.36. The van der Waals surface area contributed by atoms with Gasteiger partial charge in [-0.25, -0.2) is 14.5 Å². The van der Waals surface area contributed by atoms with E-state index in [1.807, 2.05) is 55.7 Å². The molecule has 4 aromatic heterocycles. The van der Waals surface area contributed by atoms with E-state index in [-0.39, 0.29) is 5.92 Å². The largest absolute Gasteiger partial charge is 0.491 e. The average Bonchev–Trinajstić information content (AvgIpc) is 3.19. The summed E-state index contributed by atoms with van der Waals surface area (Å²) in [5.74, 6) is 2.99. The molecule has 1 aliphatic rings. The lowest BCUT2D eigenvalue weighted by atomic mass is 10.0. The van der Waals surface area contributed by atoms with Gasteiger partial charge in [0.1, 0.15) is 17.4 Å². The maximum absolute atomic E-state index is 9.86. The van der Waals surface area contributed by atoms with Gasteiger partial charge in [0.15, 0.2) is 5.82 Å². The fraction of sp³-hybridized carbons (Fsp3) is 0.360. The van der Waals surface area contributed by atoms with Crippen LogP contribution in [0.15, 0.2) is 42.7 Å². The molecular weight excluding hydrogens is 432 g/mol. The zero-order valence-corrected chi connectivity index (χ0v) is 19.5. The number of hydrogen-bond donors (Lipinski definition) is 2. The highest BCUT2D eigenvalue weighted by molar-refractivity contribution is 5.75. The fourth-order valence-electron chi connectivity index (χ4n) is 4.24. The molecule has 0 aromatic carbocycles. The van der Waals surface area contributed by atoms with E-state index in [2.05, 4.69) is 31.4 Å². The van der Waals surface area contributed by atoms with Gasteiger partial charge in [-0.1, -0.05) is 0 Å². The number of hydrogen-bond acceptors (Lipinski definition) is 8. The lowest BCUT2D eigenvalue weighted by Crippen LogP contribution is -2.32. The molecule has 0 bridgehead atoms. The van der Waals surface area contributed by atoms with Crippen LogP contribution in [0.4, 0.5) is 11.6 Å². The number of aromatic nitrogens is 5. The third-order valence-electron chi connectivity index (χ3n) is 5.74. The molecule has 0 radical (unpaired) electrons. The number of rotatable bonds is 6. The summed E-state index contributed by atoms with van der Waals surface area (Å²) < 4.78 is 13.4. The SMILES string of the molecule is Cc1cc(-c2ccn3nc(Nc4cc(C)nc(C)n4)cc3c2)c(OCC2COCC(O)C2)cn1. The molecule has 5 heterocycles. The topological polar surface area (TPSA) is 107 Å². The van der Waals surface area contributed by atoms with Crippen LogP contribution < -0.4 is 10.1 Å². The minimum absolute atomic E-state index is 0.151. The Morgan fingerprint density at radius 2 is 1.97 bits per heavy atom. The summed E-state index contributed by atoms with van der Waals surface area (Å²) in [5.41, 5.74) is 4.71. The molecule has 0 saturated carbocycles. The first-order chi connectivity index (χ1) is 16.4. The third kappa shape index (κ3) is 5.00. The number of ether oxygens (including phenoxy) is 2. The molecule has 2 N–H and O–H groups in total. The molecule has 2 unspecified atom stereocenters. The van der Waals surface area contributed by atoms with Crippen molar-refractivity contribution in [1.29, 1.82) is 0 Å². The summed E-state index contributed by atoms with van der Waals surface area (Å²) >= 11 is 0. The van der Waals surface area contributed by atoms with Crippen LogP contribution in [0.2, 0.25) is 0 Å². The van der Waals surface area contributed by atoms with Crippen LogP contribution in [0.25, 0.3) is 16.6 Å². The molecule has 1 saturated heterocycles. The van der Waals surface area contributed by atoms with Gasteiger partial charge in [0, 0.05) is 41.2 Å². The number of aliphatic hydroxyl groups is 1. The Kier molecular flexibility index (Phi) is 6.12. The fourth-order valence-corrected chi connectivity index (χ4v) is 4.24. The number of anilines is 2. The Morgan fingerprint density at radius 1 is 1.09 bits per heavy atom. The molecule has 0 amide bonds. The Labute approximate surface area is 197 Å². The molecule has 0 spiro atoms. The van der Waals surface area contributed by atoms with Gasteiger partial charge in [-0.3, -0.25) is 4.98 Å². The van der Waals surface area contributed by atoms with E-state index in [0.717, 1.165) is 28.0 Å². The van der Waals surface area contributed by atoms with Crippen molar-refractivity contribution in [3.05, 3.63) is 59.9 Å². The van der Waals surface area contributed by atoms with Gasteiger partial charge in [-0.2, -0.15) is 5.10 Å². The Bertz CT molecular complexity index is 1300. The normalized spacial score (nSPS) is 18.2. The van der Waals surface area contributed by atoms with Gasteiger partial charge in [0.05, 0.1) is 37.6 Å². The monoisotopic (exact) mass is 460 g/mol. The smallest absolute Gasteiger partial charge is 0.154 e. The highest BCUT2D eigenvalue weighted by atomic mass is 16.5. The van der Waals surface area contributed by atoms with Gasteiger partial charge < -0.3 is 19.9 Å². The second-order valence-electron chi connectivity index (χ2n) is 8.81. The number of pyridine rings is 2. The minimum Gasteiger partial charge on any atom is -0.491 e. The lowest BCUT2D eigenvalue weighted by molar-refractivity contribution is -0.0458. The van der Waals surface area contributed by atoms with Crippen molar-refractivity contribution in [1.82, 2.24) is 24.6 Å². The average molecular weight is 461 g/mol. The molecular formula is C25H28N6O3. The van der Waals surface area contributed by atoms with Gasteiger partial charge in [0.2, 0.25) is 0 Å². The van der Waals surface area contributed by atoms with Crippen LogP contribution in [0, 0.1) is 26.7 Å². The van der Waals surface area contributed by atoms with Crippen LogP contribution in [0.1, 0.15) is 23.6 Å². The lowest BCUT2D eigenvalue weighted by Gasteiger charge is -2.26. The van der Waals surface area contributed by atoms with E-state index < -0.39 is 6.10 Å². The molecule has 9 heteroatoms. The number of aliphatic hydroxyl groups excluding tert-OH is 1. The first kappa shape index (κ1) is 22.2. The second-order valence-corrected chi connectivity index (χ2v) is 8.81. The van der Waals surface area contributed by atoms with E-state index in [4.69, 9.17) is 9.47 Å². The highest BCUT2D eigenvalue weighted by Gasteiger charge is 2.22. The van der Waals surface area contributed by atoms with Crippen molar-refractivity contribution in [3.8, 4) is 16.9 Å². The summed E-state index contributed by atoms with van der Waals surface area (Å²) in [6, 6.07) is 9.98. The Hall–Kier alpha value is -3.56. The van der Waals surface area contributed by atoms with E-state index >= 15 is 0 Å². The highest BCUT2D eigenvalue weighted by Crippen LogP contribution is 2.32. The summed E-state index contributed by atoms with van der Waals surface area (Å²) in [6.45, 7) is 7.23. The molecule has 176 valence electrons. The van der Waals surface area contributed by atoms with Crippen LogP contribution in [0.3, 0.4) is 0 Å². The van der Waals surface area contributed by atoms with Crippen LogP contribution in [0.5, 0.6) is 5.75 Å². The van der Waals surface area contributed by atoms with Crippen molar-refractivity contribution < 1.29 is 14.6 Å². The van der Waals surface area contributed by atoms with E-state index in [1.165, 1.54) is 0 Å². The molecule has 9 nitrogen and oxygen atoms in total. The zero-order valence-electron chi connectivity index (χ0n) is 19.5.